The number of rotatable bonds is 10. The van der Waals surface area contributed by atoms with E-state index in [1.807, 2.05) is 56.3 Å². The Morgan fingerprint density at radius 2 is 1.77 bits per heavy atom. The molecule has 0 bridgehead atoms. The first-order chi connectivity index (χ1) is 15.2. The highest BCUT2D eigenvalue weighted by molar-refractivity contribution is 5.79. The standard InChI is InChI=1S/C24H30N4O3/c1-4-29-21-12-11-18(15-22(21)30-5-2)13-14-26-24(25-3)27-16-20-17-31-23(28-20)19-9-7-6-8-10-19/h6-12,15,17H,4-5,13-14,16H2,1-3H3,(H2,25,26,27). The molecular weight excluding hydrogens is 392 g/mol. The molecule has 3 aromatic rings. The largest absolute Gasteiger partial charge is 0.490 e. The van der Waals surface area contributed by atoms with Crippen molar-refractivity contribution in [3.8, 4) is 23.0 Å². The maximum absolute atomic E-state index is 5.70. The lowest BCUT2D eigenvalue weighted by molar-refractivity contribution is 0.287. The summed E-state index contributed by atoms with van der Waals surface area (Å²) in [4.78, 5) is 8.80. The molecule has 0 saturated carbocycles. The normalized spacial score (nSPS) is 11.3. The summed E-state index contributed by atoms with van der Waals surface area (Å²) in [5.41, 5.74) is 2.94. The predicted molar refractivity (Wildman–Crippen MR) is 123 cm³/mol. The maximum Gasteiger partial charge on any atom is 0.226 e. The summed E-state index contributed by atoms with van der Waals surface area (Å²) in [6, 6.07) is 15.9. The molecule has 0 atom stereocenters. The molecule has 0 radical (unpaired) electrons. The van der Waals surface area contributed by atoms with E-state index in [2.05, 4.69) is 26.7 Å². The average molecular weight is 423 g/mol. The lowest BCUT2D eigenvalue weighted by Crippen LogP contribution is -2.37. The Morgan fingerprint density at radius 1 is 1.00 bits per heavy atom. The second-order valence-corrected chi connectivity index (χ2v) is 6.76. The summed E-state index contributed by atoms with van der Waals surface area (Å²) in [7, 11) is 1.75. The summed E-state index contributed by atoms with van der Waals surface area (Å²) in [5.74, 6) is 2.88. The molecule has 7 heteroatoms. The molecule has 1 aromatic heterocycles. The van der Waals surface area contributed by atoms with Gasteiger partial charge in [0.25, 0.3) is 0 Å². The lowest BCUT2D eigenvalue weighted by atomic mass is 10.1. The SMILES string of the molecule is CCOc1ccc(CCNC(=NC)NCc2coc(-c3ccccc3)n2)cc1OCC. The van der Waals surface area contributed by atoms with Crippen LogP contribution in [0.1, 0.15) is 25.1 Å². The van der Waals surface area contributed by atoms with E-state index in [9.17, 15) is 0 Å². The van der Waals surface area contributed by atoms with Crippen molar-refractivity contribution in [3.05, 3.63) is 66.1 Å². The van der Waals surface area contributed by atoms with E-state index in [4.69, 9.17) is 13.9 Å². The summed E-state index contributed by atoms with van der Waals surface area (Å²) in [6.07, 6.45) is 2.49. The van der Waals surface area contributed by atoms with Gasteiger partial charge in [0.2, 0.25) is 5.89 Å². The number of guanidine groups is 1. The number of hydrogen-bond donors (Lipinski definition) is 2. The zero-order valence-corrected chi connectivity index (χ0v) is 18.4. The maximum atomic E-state index is 5.70. The molecule has 0 unspecified atom stereocenters. The summed E-state index contributed by atoms with van der Waals surface area (Å²) >= 11 is 0. The third-order valence-electron chi connectivity index (χ3n) is 4.55. The minimum Gasteiger partial charge on any atom is -0.490 e. The first-order valence-corrected chi connectivity index (χ1v) is 10.6. The van der Waals surface area contributed by atoms with Crippen molar-refractivity contribution in [2.45, 2.75) is 26.8 Å². The molecule has 2 aromatic carbocycles. The lowest BCUT2D eigenvalue weighted by Gasteiger charge is -2.13. The highest BCUT2D eigenvalue weighted by Crippen LogP contribution is 2.28. The Morgan fingerprint density at radius 3 is 2.52 bits per heavy atom. The summed E-state index contributed by atoms with van der Waals surface area (Å²) in [5, 5.41) is 6.59. The van der Waals surface area contributed by atoms with Crippen molar-refractivity contribution in [2.24, 2.45) is 4.99 Å². The number of nitrogens with one attached hydrogen (secondary N) is 2. The summed E-state index contributed by atoms with van der Waals surface area (Å²) < 4.78 is 16.9. The zero-order chi connectivity index (χ0) is 21.9. The van der Waals surface area contributed by atoms with Crippen LogP contribution in [-0.4, -0.2) is 37.7 Å². The minimum absolute atomic E-state index is 0.521. The van der Waals surface area contributed by atoms with E-state index in [1.54, 1.807) is 13.3 Å². The van der Waals surface area contributed by atoms with E-state index < -0.39 is 0 Å². The number of ether oxygens (including phenoxy) is 2. The van der Waals surface area contributed by atoms with E-state index in [-0.39, 0.29) is 0 Å². The van der Waals surface area contributed by atoms with Gasteiger partial charge in [-0.15, -0.1) is 0 Å². The van der Waals surface area contributed by atoms with Crippen LogP contribution in [0.4, 0.5) is 0 Å². The van der Waals surface area contributed by atoms with Crippen LogP contribution in [0.3, 0.4) is 0 Å². The Labute approximate surface area is 183 Å². The molecule has 0 aliphatic carbocycles. The van der Waals surface area contributed by atoms with Gasteiger partial charge >= 0.3 is 0 Å². The molecule has 0 aliphatic rings. The molecule has 2 N–H and O–H groups in total. The summed E-state index contributed by atoms with van der Waals surface area (Å²) in [6.45, 7) is 6.40. The third-order valence-corrected chi connectivity index (χ3v) is 4.55. The molecule has 3 rings (SSSR count). The van der Waals surface area contributed by atoms with Crippen LogP contribution in [0.2, 0.25) is 0 Å². The number of hydrogen-bond acceptors (Lipinski definition) is 5. The fourth-order valence-corrected chi connectivity index (χ4v) is 3.07. The molecule has 0 fully saturated rings. The van der Waals surface area contributed by atoms with Gasteiger partial charge in [-0.05, 0) is 50.1 Å². The molecule has 0 aliphatic heterocycles. The first-order valence-electron chi connectivity index (χ1n) is 10.6. The van der Waals surface area contributed by atoms with Crippen molar-refractivity contribution in [1.82, 2.24) is 15.6 Å². The van der Waals surface area contributed by atoms with Gasteiger partial charge < -0.3 is 24.5 Å². The topological polar surface area (TPSA) is 80.9 Å². The highest BCUT2D eigenvalue weighted by Gasteiger charge is 2.08. The van der Waals surface area contributed by atoms with Crippen molar-refractivity contribution in [1.29, 1.82) is 0 Å². The van der Waals surface area contributed by atoms with Gasteiger partial charge in [-0.25, -0.2) is 4.98 Å². The zero-order valence-electron chi connectivity index (χ0n) is 18.4. The van der Waals surface area contributed by atoms with Crippen molar-refractivity contribution < 1.29 is 13.9 Å². The van der Waals surface area contributed by atoms with E-state index in [0.717, 1.165) is 35.7 Å². The molecular formula is C24H30N4O3. The number of nitrogens with zero attached hydrogens (tertiary/aromatic N) is 2. The molecule has 0 amide bonds. The van der Waals surface area contributed by atoms with Crippen molar-refractivity contribution in [3.63, 3.8) is 0 Å². The van der Waals surface area contributed by atoms with Gasteiger partial charge in [0, 0.05) is 19.2 Å². The van der Waals surface area contributed by atoms with Crippen LogP contribution >= 0.6 is 0 Å². The molecule has 31 heavy (non-hydrogen) atoms. The Bertz CT molecular complexity index is 970. The molecule has 1 heterocycles. The first kappa shape index (κ1) is 22.2. The molecule has 0 spiro atoms. The van der Waals surface area contributed by atoms with Crippen LogP contribution in [0.25, 0.3) is 11.5 Å². The van der Waals surface area contributed by atoms with Crippen molar-refractivity contribution in [2.75, 3.05) is 26.8 Å². The predicted octanol–water partition coefficient (Wildman–Crippen LogP) is 4.05. The molecule has 0 saturated heterocycles. The molecule has 7 nitrogen and oxygen atoms in total. The van der Waals surface area contributed by atoms with Gasteiger partial charge in [0.15, 0.2) is 17.5 Å². The second-order valence-electron chi connectivity index (χ2n) is 6.76. The smallest absolute Gasteiger partial charge is 0.226 e. The van der Waals surface area contributed by atoms with Crippen LogP contribution < -0.4 is 20.1 Å². The van der Waals surface area contributed by atoms with Gasteiger partial charge in [0.05, 0.1) is 25.5 Å². The Balaban J connectivity index is 1.49. The van der Waals surface area contributed by atoms with Crippen LogP contribution in [-0.2, 0) is 13.0 Å². The van der Waals surface area contributed by atoms with Gasteiger partial charge in [-0.2, -0.15) is 0 Å². The monoisotopic (exact) mass is 422 g/mol. The Kier molecular flexibility index (Phi) is 8.34. The fraction of sp³-hybridized carbons (Fsp3) is 0.333. The fourth-order valence-electron chi connectivity index (χ4n) is 3.07. The van der Waals surface area contributed by atoms with Gasteiger partial charge in [-0.1, -0.05) is 24.3 Å². The third kappa shape index (κ3) is 6.50. The average Bonchev–Trinajstić information content (AvgIpc) is 3.28. The number of benzene rings is 2. The second kappa shape index (κ2) is 11.6. The minimum atomic E-state index is 0.521. The Hall–Kier alpha value is -3.48. The van der Waals surface area contributed by atoms with E-state index in [1.165, 1.54) is 5.56 Å². The highest BCUT2D eigenvalue weighted by atomic mass is 16.5. The number of aromatic nitrogens is 1. The number of oxazole rings is 1. The van der Waals surface area contributed by atoms with Crippen LogP contribution in [0.5, 0.6) is 11.5 Å². The molecule has 164 valence electrons. The van der Waals surface area contributed by atoms with Crippen molar-refractivity contribution >= 4 is 5.96 Å². The quantitative estimate of drug-likeness (QED) is 0.379. The van der Waals surface area contributed by atoms with Crippen LogP contribution in [0, 0.1) is 0 Å². The van der Waals surface area contributed by atoms with Gasteiger partial charge in [0.1, 0.15) is 6.26 Å². The van der Waals surface area contributed by atoms with Gasteiger partial charge in [-0.3, -0.25) is 4.99 Å². The van der Waals surface area contributed by atoms with Crippen LogP contribution in [0.15, 0.2) is 64.2 Å². The van der Waals surface area contributed by atoms with E-state index >= 15 is 0 Å². The van der Waals surface area contributed by atoms with E-state index in [0.29, 0.717) is 31.6 Å². The number of aliphatic imine (C=N–C) groups is 1.